The lowest BCUT2D eigenvalue weighted by Crippen LogP contribution is -2.39. The number of hydrogen-bond acceptors (Lipinski definition) is 3. The van der Waals surface area contributed by atoms with Crippen LogP contribution in [0.2, 0.25) is 0 Å². The molecule has 2 heterocycles. The molecule has 0 aliphatic carbocycles. The zero-order chi connectivity index (χ0) is 11.6. The molecule has 0 saturated carbocycles. The van der Waals surface area contributed by atoms with E-state index in [4.69, 9.17) is 17.0 Å². The number of aromatic nitrogens is 3. The van der Waals surface area contributed by atoms with Gasteiger partial charge in [-0.25, -0.2) is 0 Å². The summed E-state index contributed by atoms with van der Waals surface area (Å²) in [5.41, 5.74) is 0.0367. The maximum absolute atomic E-state index is 5.95. The van der Waals surface area contributed by atoms with Crippen LogP contribution in [0.3, 0.4) is 0 Å². The molecule has 1 aliphatic rings. The van der Waals surface area contributed by atoms with Gasteiger partial charge in [0.15, 0.2) is 4.77 Å². The van der Waals surface area contributed by atoms with Crippen molar-refractivity contribution in [1.29, 1.82) is 0 Å². The van der Waals surface area contributed by atoms with Crippen molar-refractivity contribution in [2.24, 2.45) is 0 Å². The fourth-order valence-corrected chi connectivity index (χ4v) is 2.75. The van der Waals surface area contributed by atoms with Gasteiger partial charge in [0.25, 0.3) is 0 Å². The van der Waals surface area contributed by atoms with Crippen LogP contribution >= 0.6 is 12.2 Å². The lowest BCUT2D eigenvalue weighted by molar-refractivity contribution is -0.0989. The molecule has 0 radical (unpaired) electrons. The van der Waals surface area contributed by atoms with Gasteiger partial charge in [-0.3, -0.25) is 5.10 Å². The molecule has 0 bridgehead atoms. The van der Waals surface area contributed by atoms with Crippen LogP contribution in [0.15, 0.2) is 6.33 Å². The molecular formula is C11H19N3OS. The van der Waals surface area contributed by atoms with Crippen LogP contribution in [0.1, 0.15) is 45.6 Å². The Morgan fingerprint density at radius 1 is 1.62 bits per heavy atom. The van der Waals surface area contributed by atoms with Crippen molar-refractivity contribution in [3.05, 3.63) is 11.1 Å². The topological polar surface area (TPSA) is 42.8 Å². The molecule has 1 saturated heterocycles. The molecule has 1 aliphatic heterocycles. The van der Waals surface area contributed by atoms with E-state index in [0.29, 0.717) is 10.8 Å². The third-order valence-electron chi connectivity index (χ3n) is 3.73. The van der Waals surface area contributed by atoms with Crippen molar-refractivity contribution in [1.82, 2.24) is 14.8 Å². The van der Waals surface area contributed by atoms with Gasteiger partial charge in [0.05, 0.1) is 5.60 Å². The predicted molar refractivity (Wildman–Crippen MR) is 64.9 cm³/mol. The van der Waals surface area contributed by atoms with Gasteiger partial charge in [-0.2, -0.15) is 5.10 Å². The fourth-order valence-electron chi connectivity index (χ4n) is 2.50. The molecule has 1 atom stereocenters. The number of nitrogens with zero attached hydrogens (tertiary/aromatic N) is 2. The highest BCUT2D eigenvalue weighted by Gasteiger charge is 2.35. The molecule has 1 aromatic rings. The van der Waals surface area contributed by atoms with Crippen LogP contribution in [0.25, 0.3) is 0 Å². The van der Waals surface area contributed by atoms with Crippen molar-refractivity contribution < 1.29 is 4.74 Å². The van der Waals surface area contributed by atoms with Crippen molar-refractivity contribution >= 4 is 12.2 Å². The minimum atomic E-state index is 0.0367. The number of nitrogens with one attached hydrogen (secondary N) is 1. The van der Waals surface area contributed by atoms with Crippen molar-refractivity contribution in [3.8, 4) is 0 Å². The summed E-state index contributed by atoms with van der Waals surface area (Å²) >= 11 is 5.22. The van der Waals surface area contributed by atoms with E-state index in [9.17, 15) is 0 Å². The van der Waals surface area contributed by atoms with Gasteiger partial charge in [-0.1, -0.05) is 13.8 Å². The van der Waals surface area contributed by atoms with Gasteiger partial charge < -0.3 is 9.30 Å². The predicted octanol–water partition coefficient (Wildman–Crippen LogP) is 2.85. The van der Waals surface area contributed by atoms with Crippen LogP contribution in [0.5, 0.6) is 0 Å². The Hall–Kier alpha value is -0.680. The minimum Gasteiger partial charge on any atom is -0.375 e. The SMILES string of the molecule is CCC1(CC)CC(n2cn[nH]c2=S)CCO1. The van der Waals surface area contributed by atoms with Crippen molar-refractivity contribution in [3.63, 3.8) is 0 Å². The van der Waals surface area contributed by atoms with E-state index >= 15 is 0 Å². The van der Waals surface area contributed by atoms with E-state index in [2.05, 4.69) is 28.6 Å². The molecule has 0 amide bonds. The molecule has 1 fully saturated rings. The smallest absolute Gasteiger partial charge is 0.195 e. The van der Waals surface area contributed by atoms with E-state index in [-0.39, 0.29) is 5.60 Å². The van der Waals surface area contributed by atoms with Crippen LogP contribution in [-0.4, -0.2) is 27.0 Å². The lowest BCUT2D eigenvalue weighted by Gasteiger charge is -2.40. The Kier molecular flexibility index (Phi) is 3.44. The molecule has 16 heavy (non-hydrogen) atoms. The monoisotopic (exact) mass is 241 g/mol. The summed E-state index contributed by atoms with van der Waals surface area (Å²) in [5, 5.41) is 6.81. The minimum absolute atomic E-state index is 0.0367. The highest BCUT2D eigenvalue weighted by molar-refractivity contribution is 7.71. The van der Waals surface area contributed by atoms with E-state index in [1.165, 1.54) is 0 Å². The first-order valence-electron chi connectivity index (χ1n) is 5.96. The zero-order valence-corrected chi connectivity index (χ0v) is 10.7. The van der Waals surface area contributed by atoms with Gasteiger partial charge in [0, 0.05) is 12.6 Å². The van der Waals surface area contributed by atoms with E-state index in [0.717, 1.165) is 32.3 Å². The van der Waals surface area contributed by atoms with E-state index < -0.39 is 0 Å². The van der Waals surface area contributed by atoms with Crippen molar-refractivity contribution in [2.75, 3.05) is 6.61 Å². The zero-order valence-electron chi connectivity index (χ0n) is 9.90. The number of H-pyrrole nitrogens is 1. The Balaban J connectivity index is 2.19. The summed E-state index contributed by atoms with van der Waals surface area (Å²) in [5.74, 6) is 0. The third-order valence-corrected chi connectivity index (χ3v) is 4.03. The fraction of sp³-hybridized carbons (Fsp3) is 0.818. The average molecular weight is 241 g/mol. The first-order chi connectivity index (χ1) is 7.71. The molecule has 0 spiro atoms. The van der Waals surface area contributed by atoms with Gasteiger partial charge in [-0.05, 0) is 37.9 Å². The van der Waals surface area contributed by atoms with Crippen LogP contribution in [-0.2, 0) is 4.74 Å². The van der Waals surface area contributed by atoms with E-state index in [1.807, 2.05) is 0 Å². The molecule has 90 valence electrons. The second-order valence-electron chi connectivity index (χ2n) is 4.45. The van der Waals surface area contributed by atoms with Crippen LogP contribution in [0.4, 0.5) is 0 Å². The maximum Gasteiger partial charge on any atom is 0.195 e. The van der Waals surface area contributed by atoms with Gasteiger partial charge in [0.2, 0.25) is 0 Å². The quantitative estimate of drug-likeness (QED) is 0.827. The highest BCUT2D eigenvalue weighted by Crippen LogP contribution is 2.36. The van der Waals surface area contributed by atoms with Crippen LogP contribution < -0.4 is 0 Å². The summed E-state index contributed by atoms with van der Waals surface area (Å²) in [7, 11) is 0. The molecular weight excluding hydrogens is 222 g/mol. The number of ether oxygens (including phenoxy) is 1. The summed E-state index contributed by atoms with van der Waals surface area (Å²) in [6.07, 6.45) is 5.98. The second-order valence-corrected chi connectivity index (χ2v) is 4.84. The number of rotatable bonds is 3. The van der Waals surface area contributed by atoms with Crippen LogP contribution in [0, 0.1) is 4.77 Å². The highest BCUT2D eigenvalue weighted by atomic mass is 32.1. The molecule has 1 aromatic heterocycles. The Bertz CT molecular complexity index is 394. The molecule has 0 aromatic carbocycles. The maximum atomic E-state index is 5.95. The average Bonchev–Trinajstić information content (AvgIpc) is 2.75. The van der Waals surface area contributed by atoms with Gasteiger partial charge in [-0.15, -0.1) is 0 Å². The molecule has 1 unspecified atom stereocenters. The lowest BCUT2D eigenvalue weighted by atomic mass is 9.86. The van der Waals surface area contributed by atoms with Gasteiger partial charge >= 0.3 is 0 Å². The first-order valence-corrected chi connectivity index (χ1v) is 6.37. The Morgan fingerprint density at radius 2 is 2.38 bits per heavy atom. The van der Waals surface area contributed by atoms with E-state index in [1.54, 1.807) is 6.33 Å². The number of aromatic amines is 1. The molecule has 5 heteroatoms. The summed E-state index contributed by atoms with van der Waals surface area (Å²) in [4.78, 5) is 0. The normalized spacial score (nSPS) is 24.5. The Labute approximate surface area is 101 Å². The van der Waals surface area contributed by atoms with Crippen molar-refractivity contribution in [2.45, 2.75) is 51.2 Å². The third kappa shape index (κ3) is 2.06. The molecule has 2 rings (SSSR count). The molecule has 4 nitrogen and oxygen atoms in total. The molecule has 1 N–H and O–H groups in total. The van der Waals surface area contributed by atoms with Gasteiger partial charge in [0.1, 0.15) is 6.33 Å². The second kappa shape index (κ2) is 4.67. The Morgan fingerprint density at radius 3 is 2.94 bits per heavy atom. The number of hydrogen-bond donors (Lipinski definition) is 1. The standard InChI is InChI=1S/C11H19N3OS/c1-3-11(4-2)7-9(5-6-15-11)14-8-12-13-10(14)16/h8-9H,3-7H2,1-2H3,(H,13,16). The summed E-state index contributed by atoms with van der Waals surface area (Å²) in [6, 6.07) is 0.430. The first kappa shape index (κ1) is 11.8. The summed E-state index contributed by atoms with van der Waals surface area (Å²) < 4.78 is 8.74. The summed E-state index contributed by atoms with van der Waals surface area (Å²) in [6.45, 7) is 5.21. The largest absolute Gasteiger partial charge is 0.375 e.